The molecule has 2 aromatic rings. The van der Waals surface area contributed by atoms with Crippen molar-refractivity contribution in [1.82, 2.24) is 9.97 Å². The van der Waals surface area contributed by atoms with Crippen molar-refractivity contribution in [3.63, 3.8) is 0 Å². The van der Waals surface area contributed by atoms with Crippen LogP contribution in [0.1, 0.15) is 25.3 Å². The first kappa shape index (κ1) is 12.8. The summed E-state index contributed by atoms with van der Waals surface area (Å²) in [7, 11) is 0. The Bertz CT molecular complexity index is 591. The fraction of sp³-hybridized carbons (Fsp3) is 0.231. The van der Waals surface area contributed by atoms with Crippen molar-refractivity contribution in [3.8, 4) is 11.6 Å². The molecule has 0 radical (unpaired) electrons. The highest BCUT2D eigenvalue weighted by Gasteiger charge is 2.08. The normalized spacial score (nSPS) is 10.7. The summed E-state index contributed by atoms with van der Waals surface area (Å²) < 4.78 is 5.84. The zero-order chi connectivity index (χ0) is 13.1. The lowest BCUT2D eigenvalue weighted by Crippen LogP contribution is -2.08. The van der Waals surface area contributed by atoms with E-state index in [1.807, 2.05) is 24.3 Å². The van der Waals surface area contributed by atoms with Crippen molar-refractivity contribution >= 4 is 15.9 Å². The molecule has 0 fully saturated rings. The average Bonchev–Trinajstić information content (AvgIpc) is 2.36. The Kier molecular flexibility index (Phi) is 3.81. The van der Waals surface area contributed by atoms with Crippen LogP contribution in [0.4, 0.5) is 0 Å². The molecule has 94 valence electrons. The molecular formula is C13H13BrN2O2. The van der Waals surface area contributed by atoms with E-state index in [4.69, 9.17) is 4.74 Å². The van der Waals surface area contributed by atoms with Gasteiger partial charge in [-0.05, 0) is 39.5 Å². The maximum absolute atomic E-state index is 11.4. The van der Waals surface area contributed by atoms with Gasteiger partial charge in [-0.25, -0.2) is 4.98 Å². The van der Waals surface area contributed by atoms with Gasteiger partial charge in [-0.1, -0.05) is 26.0 Å². The van der Waals surface area contributed by atoms with Crippen molar-refractivity contribution in [2.45, 2.75) is 19.8 Å². The quantitative estimate of drug-likeness (QED) is 0.945. The molecule has 1 aromatic carbocycles. The van der Waals surface area contributed by atoms with Crippen LogP contribution in [0.3, 0.4) is 0 Å². The first-order chi connectivity index (χ1) is 8.58. The van der Waals surface area contributed by atoms with Gasteiger partial charge < -0.3 is 9.72 Å². The molecule has 1 heterocycles. The molecule has 0 saturated carbocycles. The summed E-state index contributed by atoms with van der Waals surface area (Å²) in [5.74, 6) is 1.39. The van der Waals surface area contributed by atoms with E-state index in [-0.39, 0.29) is 15.9 Å². The predicted octanol–water partition coefficient (Wildman–Crippen LogP) is 3.45. The first-order valence-electron chi connectivity index (χ1n) is 5.59. The van der Waals surface area contributed by atoms with E-state index in [9.17, 15) is 4.79 Å². The Morgan fingerprint density at radius 3 is 2.56 bits per heavy atom. The molecule has 0 aliphatic heterocycles. The Morgan fingerprint density at radius 2 is 1.94 bits per heavy atom. The Balaban J connectivity index is 2.24. The standard InChI is InChI=1S/C13H13BrN2O2/c1-8(2)9-3-5-10(6-4-9)18-13-11(14)12(17)15-7-16-13/h3-8H,1-2H3,(H,15,16,17). The largest absolute Gasteiger partial charge is 0.438 e. The topological polar surface area (TPSA) is 55.0 Å². The maximum atomic E-state index is 11.4. The van der Waals surface area contributed by atoms with Crippen molar-refractivity contribution < 1.29 is 4.74 Å². The molecule has 0 spiro atoms. The number of ether oxygens (including phenoxy) is 1. The summed E-state index contributed by atoms with van der Waals surface area (Å²) in [4.78, 5) is 17.8. The van der Waals surface area contributed by atoms with Crippen molar-refractivity contribution in [2.24, 2.45) is 0 Å². The second-order valence-corrected chi connectivity index (χ2v) is 4.97. The summed E-state index contributed by atoms with van der Waals surface area (Å²) >= 11 is 3.14. The van der Waals surface area contributed by atoms with Crippen molar-refractivity contribution in [1.29, 1.82) is 0 Å². The zero-order valence-corrected chi connectivity index (χ0v) is 11.7. The van der Waals surface area contributed by atoms with E-state index in [0.29, 0.717) is 11.7 Å². The number of nitrogens with zero attached hydrogens (tertiary/aromatic N) is 1. The van der Waals surface area contributed by atoms with Crippen LogP contribution in [-0.2, 0) is 0 Å². The Hall–Kier alpha value is -1.62. The lowest BCUT2D eigenvalue weighted by Gasteiger charge is -2.08. The highest BCUT2D eigenvalue weighted by molar-refractivity contribution is 9.10. The fourth-order valence-corrected chi connectivity index (χ4v) is 1.77. The SMILES string of the molecule is CC(C)c1ccc(Oc2nc[nH]c(=O)c2Br)cc1. The van der Waals surface area contributed by atoms with Gasteiger partial charge in [0.15, 0.2) is 0 Å². The molecule has 0 saturated heterocycles. The second kappa shape index (κ2) is 5.35. The second-order valence-electron chi connectivity index (χ2n) is 4.18. The van der Waals surface area contributed by atoms with E-state index >= 15 is 0 Å². The highest BCUT2D eigenvalue weighted by Crippen LogP contribution is 2.25. The number of hydrogen-bond acceptors (Lipinski definition) is 3. The van der Waals surface area contributed by atoms with E-state index in [1.54, 1.807) is 0 Å². The van der Waals surface area contributed by atoms with Gasteiger partial charge in [-0.3, -0.25) is 4.79 Å². The van der Waals surface area contributed by atoms with Gasteiger partial charge in [-0.2, -0.15) is 0 Å². The van der Waals surface area contributed by atoms with Crippen molar-refractivity contribution in [3.05, 3.63) is 51.0 Å². The van der Waals surface area contributed by atoms with Gasteiger partial charge >= 0.3 is 0 Å². The smallest absolute Gasteiger partial charge is 0.268 e. The third kappa shape index (κ3) is 2.79. The highest BCUT2D eigenvalue weighted by atomic mass is 79.9. The molecule has 4 nitrogen and oxygen atoms in total. The van der Waals surface area contributed by atoms with E-state index in [1.165, 1.54) is 11.9 Å². The van der Waals surface area contributed by atoms with Crippen LogP contribution in [0, 0.1) is 0 Å². The summed E-state index contributed by atoms with van der Waals surface area (Å²) in [6.07, 6.45) is 1.31. The average molecular weight is 309 g/mol. The van der Waals surface area contributed by atoms with E-state index in [2.05, 4.69) is 39.7 Å². The summed E-state index contributed by atoms with van der Waals surface area (Å²) in [5.41, 5.74) is 0.971. The first-order valence-corrected chi connectivity index (χ1v) is 6.38. The molecule has 18 heavy (non-hydrogen) atoms. The molecule has 0 amide bonds. The van der Waals surface area contributed by atoms with Gasteiger partial charge in [-0.15, -0.1) is 0 Å². The van der Waals surface area contributed by atoms with Gasteiger partial charge in [0.2, 0.25) is 5.88 Å². The molecule has 0 unspecified atom stereocenters. The van der Waals surface area contributed by atoms with Crippen LogP contribution in [0.15, 0.2) is 39.9 Å². The minimum absolute atomic E-state index is 0.260. The summed E-state index contributed by atoms with van der Waals surface area (Å²) in [5, 5.41) is 0. The van der Waals surface area contributed by atoms with Crippen molar-refractivity contribution in [2.75, 3.05) is 0 Å². The fourth-order valence-electron chi connectivity index (χ4n) is 1.47. The van der Waals surface area contributed by atoms with Gasteiger partial charge in [0.05, 0.1) is 6.33 Å². The predicted molar refractivity (Wildman–Crippen MR) is 73.2 cm³/mol. The van der Waals surface area contributed by atoms with Crippen LogP contribution in [-0.4, -0.2) is 9.97 Å². The zero-order valence-electron chi connectivity index (χ0n) is 10.1. The molecule has 0 aliphatic rings. The summed E-state index contributed by atoms with van der Waals surface area (Å²) in [6, 6.07) is 7.73. The molecule has 1 aromatic heterocycles. The Morgan fingerprint density at radius 1 is 1.28 bits per heavy atom. The molecule has 5 heteroatoms. The number of nitrogens with one attached hydrogen (secondary N) is 1. The number of rotatable bonds is 3. The van der Waals surface area contributed by atoms with E-state index < -0.39 is 0 Å². The third-order valence-corrected chi connectivity index (χ3v) is 3.23. The van der Waals surface area contributed by atoms with Crippen LogP contribution < -0.4 is 10.3 Å². The molecule has 1 N–H and O–H groups in total. The van der Waals surface area contributed by atoms with Crippen LogP contribution in [0.2, 0.25) is 0 Å². The van der Waals surface area contributed by atoms with Gasteiger partial charge in [0.25, 0.3) is 5.56 Å². The maximum Gasteiger partial charge on any atom is 0.268 e. The Labute approximate surface area is 113 Å². The number of H-pyrrole nitrogens is 1. The van der Waals surface area contributed by atoms with Gasteiger partial charge in [0.1, 0.15) is 10.2 Å². The number of benzene rings is 1. The number of hydrogen-bond donors (Lipinski definition) is 1. The lowest BCUT2D eigenvalue weighted by molar-refractivity contribution is 0.456. The third-order valence-electron chi connectivity index (χ3n) is 2.53. The van der Waals surface area contributed by atoms with Crippen LogP contribution in [0.25, 0.3) is 0 Å². The number of aromatic amines is 1. The minimum Gasteiger partial charge on any atom is -0.438 e. The number of halogens is 1. The molecule has 0 atom stereocenters. The van der Waals surface area contributed by atoms with Crippen LogP contribution in [0.5, 0.6) is 11.6 Å². The lowest BCUT2D eigenvalue weighted by atomic mass is 10.0. The molecular weight excluding hydrogens is 296 g/mol. The molecule has 2 rings (SSSR count). The molecule has 0 aliphatic carbocycles. The van der Waals surface area contributed by atoms with Crippen LogP contribution >= 0.6 is 15.9 Å². The van der Waals surface area contributed by atoms with Gasteiger partial charge in [0, 0.05) is 0 Å². The van der Waals surface area contributed by atoms with E-state index in [0.717, 1.165) is 0 Å². The number of aromatic nitrogens is 2. The minimum atomic E-state index is -0.265. The summed E-state index contributed by atoms with van der Waals surface area (Å²) in [6.45, 7) is 4.26. The monoisotopic (exact) mass is 308 g/mol. The molecule has 0 bridgehead atoms.